The fraction of sp³-hybridized carbons (Fsp3) is 0.636. The third-order valence-electron chi connectivity index (χ3n) is 2.72. The van der Waals surface area contributed by atoms with Crippen LogP contribution in [-0.4, -0.2) is 41.3 Å². The van der Waals surface area contributed by atoms with Gasteiger partial charge in [-0.15, -0.1) is 0 Å². The van der Waals surface area contributed by atoms with Gasteiger partial charge in [0.15, 0.2) is 11.6 Å². The van der Waals surface area contributed by atoms with Crippen LogP contribution in [0, 0.1) is 0 Å². The molecule has 1 aliphatic carbocycles. The van der Waals surface area contributed by atoms with Gasteiger partial charge in [-0.25, -0.2) is 0 Å². The molecule has 4 nitrogen and oxygen atoms in total. The summed E-state index contributed by atoms with van der Waals surface area (Å²) in [6.07, 6.45) is 0.671. The van der Waals surface area contributed by atoms with Gasteiger partial charge in [0.2, 0.25) is 0 Å². The lowest BCUT2D eigenvalue weighted by Crippen LogP contribution is -2.27. The number of hydrogen-bond acceptors (Lipinski definition) is 4. The van der Waals surface area contributed by atoms with E-state index in [1.54, 1.807) is 6.92 Å². The SMILES string of the molecule is CCN(CCO)C(C)=C1C(=O)CCC1=O. The van der Waals surface area contributed by atoms with Crippen molar-refractivity contribution in [2.45, 2.75) is 26.7 Å². The zero-order chi connectivity index (χ0) is 11.4. The largest absolute Gasteiger partial charge is 0.395 e. The van der Waals surface area contributed by atoms with Crippen LogP contribution in [-0.2, 0) is 9.59 Å². The molecule has 0 aromatic carbocycles. The van der Waals surface area contributed by atoms with Gasteiger partial charge in [-0.05, 0) is 13.8 Å². The highest BCUT2D eigenvalue weighted by Crippen LogP contribution is 2.22. The molecule has 0 amide bonds. The Hall–Kier alpha value is -1.16. The Kier molecular flexibility index (Phi) is 4.03. The molecule has 0 aromatic rings. The van der Waals surface area contributed by atoms with E-state index >= 15 is 0 Å². The minimum absolute atomic E-state index is 0.0286. The van der Waals surface area contributed by atoms with Crippen LogP contribution in [0.3, 0.4) is 0 Å². The molecular weight excluding hydrogens is 194 g/mol. The summed E-state index contributed by atoms with van der Waals surface area (Å²) in [7, 11) is 0. The standard InChI is InChI=1S/C11H17NO3/c1-3-12(6-7-13)8(2)11-9(14)4-5-10(11)15/h13H,3-7H2,1-2H3. The first-order valence-corrected chi connectivity index (χ1v) is 5.24. The Bertz CT molecular complexity index is 289. The van der Waals surface area contributed by atoms with Crippen LogP contribution in [0.4, 0.5) is 0 Å². The number of ketones is 2. The zero-order valence-corrected chi connectivity index (χ0v) is 9.25. The lowest BCUT2D eigenvalue weighted by atomic mass is 10.1. The van der Waals surface area contributed by atoms with E-state index in [2.05, 4.69) is 0 Å². The molecule has 1 fully saturated rings. The van der Waals surface area contributed by atoms with E-state index in [-0.39, 0.29) is 18.2 Å². The first kappa shape index (κ1) is 11.9. The third kappa shape index (κ3) is 2.45. The van der Waals surface area contributed by atoms with Crippen LogP contribution >= 0.6 is 0 Å². The molecule has 1 N–H and O–H groups in total. The minimum Gasteiger partial charge on any atom is -0.395 e. The molecule has 0 bridgehead atoms. The monoisotopic (exact) mass is 211 g/mol. The molecule has 15 heavy (non-hydrogen) atoms. The van der Waals surface area contributed by atoms with Crippen molar-refractivity contribution in [2.24, 2.45) is 0 Å². The van der Waals surface area contributed by atoms with Gasteiger partial charge < -0.3 is 10.0 Å². The maximum Gasteiger partial charge on any atom is 0.168 e. The summed E-state index contributed by atoms with van der Waals surface area (Å²) < 4.78 is 0. The Morgan fingerprint density at radius 1 is 1.33 bits per heavy atom. The van der Waals surface area contributed by atoms with Gasteiger partial charge in [0.1, 0.15) is 0 Å². The van der Waals surface area contributed by atoms with E-state index in [0.717, 1.165) is 0 Å². The number of aliphatic hydroxyl groups is 1. The van der Waals surface area contributed by atoms with Crippen molar-refractivity contribution in [1.82, 2.24) is 4.90 Å². The maximum absolute atomic E-state index is 11.5. The average molecular weight is 211 g/mol. The van der Waals surface area contributed by atoms with E-state index in [1.165, 1.54) is 0 Å². The number of carbonyl (C=O) groups excluding carboxylic acids is 2. The summed E-state index contributed by atoms with van der Waals surface area (Å²) in [6, 6.07) is 0. The van der Waals surface area contributed by atoms with Crippen LogP contribution in [0.1, 0.15) is 26.7 Å². The molecule has 84 valence electrons. The Morgan fingerprint density at radius 2 is 1.87 bits per heavy atom. The van der Waals surface area contributed by atoms with Gasteiger partial charge in [0.05, 0.1) is 12.2 Å². The average Bonchev–Trinajstić information content (AvgIpc) is 2.54. The van der Waals surface area contributed by atoms with Crippen molar-refractivity contribution in [3.63, 3.8) is 0 Å². The van der Waals surface area contributed by atoms with Crippen LogP contribution < -0.4 is 0 Å². The normalized spacial score (nSPS) is 16.1. The fourth-order valence-electron chi connectivity index (χ4n) is 1.88. The quantitative estimate of drug-likeness (QED) is 0.543. The van der Waals surface area contributed by atoms with Crippen molar-refractivity contribution in [2.75, 3.05) is 19.7 Å². The third-order valence-corrected chi connectivity index (χ3v) is 2.72. The molecule has 0 radical (unpaired) electrons. The number of carbonyl (C=O) groups is 2. The van der Waals surface area contributed by atoms with Crippen LogP contribution in [0.25, 0.3) is 0 Å². The maximum atomic E-state index is 11.5. The number of Topliss-reactive ketones (excluding diaryl/α,β-unsaturated/α-hetero) is 2. The summed E-state index contributed by atoms with van der Waals surface area (Å²) >= 11 is 0. The number of rotatable bonds is 4. The number of aliphatic hydroxyl groups excluding tert-OH is 1. The van der Waals surface area contributed by atoms with Crippen LogP contribution in [0.15, 0.2) is 11.3 Å². The van der Waals surface area contributed by atoms with E-state index in [9.17, 15) is 9.59 Å². The van der Waals surface area contributed by atoms with Gasteiger partial charge in [0.25, 0.3) is 0 Å². The van der Waals surface area contributed by atoms with Crippen LogP contribution in [0.2, 0.25) is 0 Å². The molecule has 0 saturated heterocycles. The molecule has 0 heterocycles. The first-order chi connectivity index (χ1) is 7.11. The number of allylic oxidation sites excluding steroid dienone is 2. The molecular formula is C11H17NO3. The van der Waals surface area contributed by atoms with Crippen molar-refractivity contribution < 1.29 is 14.7 Å². The second-order valence-corrected chi connectivity index (χ2v) is 3.61. The summed E-state index contributed by atoms with van der Waals surface area (Å²) in [4.78, 5) is 24.8. The van der Waals surface area contributed by atoms with E-state index < -0.39 is 0 Å². The molecule has 0 aromatic heterocycles. The zero-order valence-electron chi connectivity index (χ0n) is 9.25. The van der Waals surface area contributed by atoms with Gasteiger partial charge >= 0.3 is 0 Å². The van der Waals surface area contributed by atoms with Gasteiger partial charge in [-0.2, -0.15) is 0 Å². The predicted octanol–water partition coefficient (Wildman–Crippen LogP) is 0.507. The van der Waals surface area contributed by atoms with Crippen molar-refractivity contribution >= 4 is 11.6 Å². The van der Waals surface area contributed by atoms with Gasteiger partial charge in [-0.3, -0.25) is 9.59 Å². The molecule has 0 atom stereocenters. The number of nitrogens with zero attached hydrogens (tertiary/aromatic N) is 1. The van der Waals surface area contributed by atoms with E-state index in [1.807, 2.05) is 11.8 Å². The van der Waals surface area contributed by atoms with Crippen LogP contribution in [0.5, 0.6) is 0 Å². The fourth-order valence-corrected chi connectivity index (χ4v) is 1.88. The number of hydrogen-bond donors (Lipinski definition) is 1. The molecule has 1 saturated carbocycles. The molecule has 1 rings (SSSR count). The molecule has 0 unspecified atom stereocenters. The molecule has 1 aliphatic rings. The van der Waals surface area contributed by atoms with Gasteiger partial charge in [-0.1, -0.05) is 0 Å². The van der Waals surface area contributed by atoms with Crippen molar-refractivity contribution in [3.05, 3.63) is 11.3 Å². The van der Waals surface area contributed by atoms with Crippen molar-refractivity contribution in [1.29, 1.82) is 0 Å². The van der Waals surface area contributed by atoms with Gasteiger partial charge in [0, 0.05) is 31.6 Å². The summed E-state index contributed by atoms with van der Waals surface area (Å²) in [5.41, 5.74) is 1.05. The second kappa shape index (κ2) is 5.07. The Balaban J connectivity index is 2.95. The van der Waals surface area contributed by atoms with Crippen molar-refractivity contribution in [3.8, 4) is 0 Å². The Morgan fingerprint density at radius 3 is 2.27 bits per heavy atom. The molecule has 4 heteroatoms. The first-order valence-electron chi connectivity index (χ1n) is 5.24. The molecule has 0 spiro atoms. The predicted molar refractivity (Wildman–Crippen MR) is 56.3 cm³/mol. The highest BCUT2D eigenvalue weighted by molar-refractivity contribution is 6.25. The summed E-state index contributed by atoms with van der Waals surface area (Å²) in [6.45, 7) is 4.89. The van der Waals surface area contributed by atoms with E-state index in [0.29, 0.717) is 37.2 Å². The summed E-state index contributed by atoms with van der Waals surface area (Å²) in [5, 5.41) is 8.86. The highest BCUT2D eigenvalue weighted by atomic mass is 16.3. The number of likely N-dealkylation sites (N-methyl/N-ethyl adjacent to an activating group) is 1. The topological polar surface area (TPSA) is 57.6 Å². The van der Waals surface area contributed by atoms with E-state index in [4.69, 9.17) is 5.11 Å². The molecule has 0 aliphatic heterocycles. The second-order valence-electron chi connectivity index (χ2n) is 3.61. The highest BCUT2D eigenvalue weighted by Gasteiger charge is 2.29. The summed E-state index contributed by atoms with van der Waals surface area (Å²) in [5.74, 6) is -0.122. The lowest BCUT2D eigenvalue weighted by molar-refractivity contribution is -0.116. The smallest absolute Gasteiger partial charge is 0.168 e. The minimum atomic E-state index is -0.0612. The Labute approximate surface area is 89.6 Å². The lowest BCUT2D eigenvalue weighted by Gasteiger charge is -2.23.